The first-order valence-corrected chi connectivity index (χ1v) is 13.0. The monoisotopic (exact) mass is 454 g/mol. The van der Waals surface area contributed by atoms with Crippen LogP contribution in [-0.2, 0) is 24.0 Å². The van der Waals surface area contributed by atoms with Crippen LogP contribution in [0, 0.1) is 23.7 Å². The minimum atomic E-state index is -0.733. The molecule has 1 spiro atoms. The summed E-state index contributed by atoms with van der Waals surface area (Å²) in [6.07, 6.45) is 3.50. The van der Waals surface area contributed by atoms with Crippen molar-refractivity contribution in [1.82, 2.24) is 10.2 Å². The number of hydrogen-bond donors (Lipinski definition) is 1. The number of nitrogens with one attached hydrogen (secondary N) is 1. The van der Waals surface area contributed by atoms with E-state index in [9.17, 15) is 0 Å². The van der Waals surface area contributed by atoms with Gasteiger partial charge in [0.05, 0.1) is 6.61 Å². The van der Waals surface area contributed by atoms with Gasteiger partial charge in [-0.3, -0.25) is 4.90 Å². The van der Waals surface area contributed by atoms with Crippen molar-refractivity contribution in [3.63, 3.8) is 0 Å². The third-order valence-electron chi connectivity index (χ3n) is 8.53. The van der Waals surface area contributed by atoms with Gasteiger partial charge in [0.15, 0.2) is 18.2 Å². The van der Waals surface area contributed by atoms with E-state index in [0.29, 0.717) is 36.4 Å². The van der Waals surface area contributed by atoms with Gasteiger partial charge in [-0.25, -0.2) is 9.78 Å². The third-order valence-corrected chi connectivity index (χ3v) is 8.53. The predicted molar refractivity (Wildman–Crippen MR) is 123 cm³/mol. The first-order valence-electron chi connectivity index (χ1n) is 13.0. The highest BCUT2D eigenvalue weighted by Crippen LogP contribution is 2.60. The molecule has 0 radical (unpaired) electrons. The first-order chi connectivity index (χ1) is 15.2. The Balaban J connectivity index is 1.33. The number of hydrogen-bond acceptors (Lipinski definition) is 7. The minimum absolute atomic E-state index is 0.230. The average Bonchev–Trinajstić information content (AvgIpc) is 2.96. The maximum atomic E-state index is 6.48. The standard InChI is InChI=1S/C25H46N2O5/c1-16(2)27(17(3)4)14-12-26-13-15-28-22-19(6)21-9-8-18(5)20-10-11-24(7)30-23(29-22)25(20,21)32-31-24/h16-23,26H,8-15H2,1-7H3/t18-,19-,20?,21?,22+,23?,24?,25-/m1/s1. The van der Waals surface area contributed by atoms with E-state index in [1.807, 2.05) is 6.92 Å². The van der Waals surface area contributed by atoms with Crippen LogP contribution in [0.3, 0.4) is 0 Å². The molecule has 2 bridgehead atoms. The number of fused-ring (bicyclic) bond motifs is 2. The fourth-order valence-electron chi connectivity index (χ4n) is 6.76. The molecule has 5 rings (SSSR count). The predicted octanol–water partition coefficient (Wildman–Crippen LogP) is 3.92. The molecule has 1 saturated carbocycles. The Bertz CT molecular complexity index is 625. The molecule has 7 nitrogen and oxygen atoms in total. The second-order valence-corrected chi connectivity index (χ2v) is 11.3. The minimum Gasteiger partial charge on any atom is -0.351 e. The Labute approximate surface area is 194 Å². The van der Waals surface area contributed by atoms with Crippen molar-refractivity contribution in [2.24, 2.45) is 23.7 Å². The van der Waals surface area contributed by atoms with Crippen LogP contribution >= 0.6 is 0 Å². The van der Waals surface area contributed by atoms with Gasteiger partial charge in [-0.05, 0) is 65.7 Å². The molecule has 4 saturated heterocycles. The van der Waals surface area contributed by atoms with Crippen molar-refractivity contribution in [2.75, 3.05) is 26.2 Å². The average molecular weight is 455 g/mol. The van der Waals surface area contributed by atoms with Gasteiger partial charge in [0, 0.05) is 50.0 Å². The highest BCUT2D eigenvalue weighted by molar-refractivity contribution is 5.09. The lowest BCUT2D eigenvalue weighted by Gasteiger charge is -2.60. The molecule has 4 heterocycles. The topological polar surface area (TPSA) is 61.4 Å². The second-order valence-electron chi connectivity index (χ2n) is 11.3. The molecule has 4 aliphatic heterocycles. The zero-order chi connectivity index (χ0) is 23.1. The summed E-state index contributed by atoms with van der Waals surface area (Å²) in [5, 5.41) is 3.53. The summed E-state index contributed by atoms with van der Waals surface area (Å²) in [5.41, 5.74) is -0.512. The first kappa shape index (κ1) is 24.8. The Kier molecular flexibility index (Phi) is 7.58. The molecule has 4 unspecified atom stereocenters. The van der Waals surface area contributed by atoms with Crippen molar-refractivity contribution in [3.8, 4) is 0 Å². The molecule has 1 N–H and O–H groups in total. The van der Waals surface area contributed by atoms with E-state index in [1.54, 1.807) is 0 Å². The summed E-state index contributed by atoms with van der Waals surface area (Å²) in [7, 11) is 0. The van der Waals surface area contributed by atoms with Gasteiger partial charge in [-0.15, -0.1) is 0 Å². The van der Waals surface area contributed by atoms with Crippen LogP contribution in [0.4, 0.5) is 0 Å². The van der Waals surface area contributed by atoms with Crippen LogP contribution in [0.2, 0.25) is 0 Å². The fraction of sp³-hybridized carbons (Fsp3) is 1.00. The molecule has 0 aromatic rings. The summed E-state index contributed by atoms with van der Waals surface area (Å²) in [6, 6.07) is 1.11. The molecule has 1 aliphatic carbocycles. The number of rotatable bonds is 9. The summed E-state index contributed by atoms with van der Waals surface area (Å²) >= 11 is 0. The lowest BCUT2D eigenvalue weighted by Crippen LogP contribution is -2.70. The molecule has 0 amide bonds. The van der Waals surface area contributed by atoms with Crippen LogP contribution in [0.5, 0.6) is 0 Å². The van der Waals surface area contributed by atoms with E-state index in [1.165, 1.54) is 6.42 Å². The Morgan fingerprint density at radius 1 is 1.00 bits per heavy atom. The second kappa shape index (κ2) is 9.76. The van der Waals surface area contributed by atoms with E-state index in [4.69, 9.17) is 24.0 Å². The highest BCUT2D eigenvalue weighted by Gasteiger charge is 2.69. The van der Waals surface area contributed by atoms with Crippen molar-refractivity contribution in [1.29, 1.82) is 0 Å². The molecule has 0 aromatic carbocycles. The Morgan fingerprint density at radius 2 is 1.75 bits per heavy atom. The van der Waals surface area contributed by atoms with E-state index in [2.05, 4.69) is 51.8 Å². The lowest BCUT2D eigenvalue weighted by atomic mass is 9.58. The molecule has 8 atom stereocenters. The van der Waals surface area contributed by atoms with Crippen molar-refractivity contribution in [3.05, 3.63) is 0 Å². The Hall–Kier alpha value is -0.280. The Morgan fingerprint density at radius 3 is 2.47 bits per heavy atom. The van der Waals surface area contributed by atoms with Gasteiger partial charge >= 0.3 is 0 Å². The van der Waals surface area contributed by atoms with Gasteiger partial charge in [0.2, 0.25) is 5.79 Å². The number of ether oxygens (including phenoxy) is 3. The molecule has 32 heavy (non-hydrogen) atoms. The smallest absolute Gasteiger partial charge is 0.201 e. The fourth-order valence-corrected chi connectivity index (χ4v) is 6.76. The van der Waals surface area contributed by atoms with Gasteiger partial charge < -0.3 is 19.5 Å². The SMILES string of the molecule is CC(C)N(CCNCCO[C@H]1OC2OC3(C)CCC4[C@H](C)CCC([C@H]1C)[C@@]24OO3)C(C)C. The quantitative estimate of drug-likeness (QED) is 0.418. The summed E-state index contributed by atoms with van der Waals surface area (Å²) in [6.45, 7) is 19.0. The van der Waals surface area contributed by atoms with Crippen LogP contribution < -0.4 is 5.32 Å². The number of nitrogens with zero attached hydrogens (tertiary/aromatic N) is 1. The van der Waals surface area contributed by atoms with Crippen molar-refractivity contribution in [2.45, 2.75) is 110 Å². The molecule has 0 aromatic heterocycles. The van der Waals surface area contributed by atoms with Gasteiger partial charge in [-0.1, -0.05) is 13.8 Å². The lowest BCUT2D eigenvalue weighted by molar-refractivity contribution is -0.577. The summed E-state index contributed by atoms with van der Waals surface area (Å²) < 4.78 is 19.1. The maximum absolute atomic E-state index is 6.48. The molecular weight excluding hydrogens is 408 g/mol. The van der Waals surface area contributed by atoms with Gasteiger partial charge in [-0.2, -0.15) is 0 Å². The summed E-state index contributed by atoms with van der Waals surface area (Å²) in [5.74, 6) is 0.783. The van der Waals surface area contributed by atoms with E-state index in [0.717, 1.165) is 38.9 Å². The van der Waals surface area contributed by atoms with Gasteiger partial charge in [0.1, 0.15) is 0 Å². The zero-order valence-corrected chi connectivity index (χ0v) is 21.3. The van der Waals surface area contributed by atoms with Crippen molar-refractivity contribution < 1.29 is 24.0 Å². The molecule has 7 heteroatoms. The largest absolute Gasteiger partial charge is 0.351 e. The van der Waals surface area contributed by atoms with E-state index >= 15 is 0 Å². The maximum Gasteiger partial charge on any atom is 0.201 e. The summed E-state index contributed by atoms with van der Waals surface area (Å²) in [4.78, 5) is 14.6. The highest BCUT2D eigenvalue weighted by atomic mass is 17.3. The van der Waals surface area contributed by atoms with Crippen molar-refractivity contribution >= 4 is 0 Å². The third kappa shape index (κ3) is 4.51. The molecule has 5 aliphatic rings. The van der Waals surface area contributed by atoms with Crippen LogP contribution in [0.15, 0.2) is 0 Å². The van der Waals surface area contributed by atoms with E-state index < -0.39 is 17.7 Å². The molecular formula is C25H46N2O5. The normalized spacial score (nSPS) is 43.7. The zero-order valence-electron chi connectivity index (χ0n) is 21.3. The van der Waals surface area contributed by atoms with E-state index in [-0.39, 0.29) is 12.2 Å². The molecule has 186 valence electrons. The van der Waals surface area contributed by atoms with Crippen LogP contribution in [0.1, 0.15) is 74.1 Å². The van der Waals surface area contributed by atoms with Crippen LogP contribution in [0.25, 0.3) is 0 Å². The molecule has 5 fully saturated rings. The van der Waals surface area contributed by atoms with Gasteiger partial charge in [0.25, 0.3) is 0 Å². The van der Waals surface area contributed by atoms with Crippen LogP contribution in [-0.4, -0.2) is 67.2 Å².